The molecular weight excluding hydrogens is 268 g/mol. The van der Waals surface area contributed by atoms with Gasteiger partial charge in [-0.25, -0.2) is 0 Å². The first-order chi connectivity index (χ1) is 7.66. The van der Waals surface area contributed by atoms with Crippen molar-refractivity contribution in [3.8, 4) is 5.75 Å². The number of ether oxygens (including phenoxy) is 2. The normalized spacial score (nSPS) is 19.9. The van der Waals surface area contributed by atoms with Crippen LogP contribution in [0, 0.1) is 0 Å². The van der Waals surface area contributed by atoms with Crippen molar-refractivity contribution in [2.75, 3.05) is 7.11 Å². The molecule has 1 aliphatic carbocycles. The number of rotatable bonds is 4. The molecule has 3 heteroatoms. The van der Waals surface area contributed by atoms with Crippen LogP contribution in [-0.2, 0) is 10.3 Å². The average Bonchev–Trinajstić information content (AvgIpc) is 2.16. The molecule has 1 atom stereocenters. The van der Waals surface area contributed by atoms with Gasteiger partial charge in [-0.3, -0.25) is 0 Å². The van der Waals surface area contributed by atoms with Gasteiger partial charge >= 0.3 is 0 Å². The van der Waals surface area contributed by atoms with Gasteiger partial charge in [0.15, 0.2) is 5.01 Å². The van der Waals surface area contributed by atoms with Crippen molar-refractivity contribution in [3.63, 3.8) is 0 Å². The van der Waals surface area contributed by atoms with E-state index in [2.05, 4.69) is 28.1 Å². The third-order valence-electron chi connectivity index (χ3n) is 3.21. The van der Waals surface area contributed by atoms with Crippen molar-refractivity contribution >= 4 is 15.9 Å². The molecule has 1 aromatic rings. The SMILES string of the molecule is COC1(c2cccc(OC(C)Br)c2)CCC1. The summed E-state index contributed by atoms with van der Waals surface area (Å²) < 4.78 is 11.3. The Morgan fingerprint density at radius 1 is 1.38 bits per heavy atom. The first kappa shape index (κ1) is 11.9. The third-order valence-corrected chi connectivity index (χ3v) is 3.40. The van der Waals surface area contributed by atoms with Gasteiger partial charge in [-0.05, 0) is 59.8 Å². The predicted octanol–water partition coefficient (Wildman–Crippen LogP) is 3.83. The molecule has 1 unspecified atom stereocenters. The van der Waals surface area contributed by atoms with Crippen LogP contribution < -0.4 is 4.74 Å². The van der Waals surface area contributed by atoms with Crippen molar-refractivity contribution < 1.29 is 9.47 Å². The topological polar surface area (TPSA) is 18.5 Å². The fraction of sp³-hybridized carbons (Fsp3) is 0.538. The maximum Gasteiger partial charge on any atom is 0.150 e. The lowest BCUT2D eigenvalue weighted by Gasteiger charge is -2.41. The number of hydrogen-bond acceptors (Lipinski definition) is 2. The molecular formula is C13H17BrO2. The molecule has 0 radical (unpaired) electrons. The summed E-state index contributed by atoms with van der Waals surface area (Å²) >= 11 is 3.38. The van der Waals surface area contributed by atoms with E-state index in [1.165, 1.54) is 12.0 Å². The first-order valence-corrected chi connectivity index (χ1v) is 6.54. The second kappa shape index (κ2) is 4.76. The summed E-state index contributed by atoms with van der Waals surface area (Å²) in [7, 11) is 1.79. The van der Waals surface area contributed by atoms with E-state index in [1.807, 2.05) is 19.1 Å². The molecule has 0 bridgehead atoms. The molecule has 0 saturated heterocycles. The van der Waals surface area contributed by atoms with Crippen LogP contribution in [0.4, 0.5) is 0 Å². The Balaban J connectivity index is 2.21. The van der Waals surface area contributed by atoms with E-state index >= 15 is 0 Å². The van der Waals surface area contributed by atoms with Gasteiger partial charge in [0.1, 0.15) is 5.75 Å². The Morgan fingerprint density at radius 3 is 2.62 bits per heavy atom. The summed E-state index contributed by atoms with van der Waals surface area (Å²) in [6.07, 6.45) is 3.46. The van der Waals surface area contributed by atoms with Crippen molar-refractivity contribution in [1.29, 1.82) is 0 Å². The van der Waals surface area contributed by atoms with Crippen LogP contribution in [-0.4, -0.2) is 12.1 Å². The molecule has 0 N–H and O–H groups in total. The molecule has 88 valence electrons. The van der Waals surface area contributed by atoms with E-state index in [0.717, 1.165) is 18.6 Å². The maximum absolute atomic E-state index is 5.65. The number of alkyl halides is 1. The fourth-order valence-electron chi connectivity index (χ4n) is 2.15. The zero-order chi connectivity index (χ0) is 11.6. The monoisotopic (exact) mass is 284 g/mol. The molecule has 0 heterocycles. The van der Waals surface area contributed by atoms with E-state index in [1.54, 1.807) is 7.11 Å². The maximum atomic E-state index is 5.65. The Bertz CT molecular complexity index is 353. The summed E-state index contributed by atoms with van der Waals surface area (Å²) in [4.78, 5) is 0. The van der Waals surface area contributed by atoms with Crippen molar-refractivity contribution in [2.24, 2.45) is 0 Å². The minimum atomic E-state index is -0.0606. The van der Waals surface area contributed by atoms with Crippen LogP contribution in [0.25, 0.3) is 0 Å². The minimum absolute atomic E-state index is 0.0302. The van der Waals surface area contributed by atoms with E-state index in [-0.39, 0.29) is 10.6 Å². The van der Waals surface area contributed by atoms with E-state index < -0.39 is 0 Å². The van der Waals surface area contributed by atoms with Crippen LogP contribution in [0.3, 0.4) is 0 Å². The zero-order valence-corrected chi connectivity index (χ0v) is 11.3. The van der Waals surface area contributed by atoms with E-state index in [0.29, 0.717) is 0 Å². The second-order valence-corrected chi connectivity index (χ2v) is 5.53. The summed E-state index contributed by atoms with van der Waals surface area (Å²) in [5, 5.41) is 0.0302. The third kappa shape index (κ3) is 2.25. The van der Waals surface area contributed by atoms with Gasteiger partial charge in [-0.15, -0.1) is 0 Å². The van der Waals surface area contributed by atoms with Crippen LogP contribution in [0.2, 0.25) is 0 Å². The Hall–Kier alpha value is -0.540. The second-order valence-electron chi connectivity index (χ2n) is 4.24. The molecule has 1 aromatic carbocycles. The van der Waals surface area contributed by atoms with Gasteiger partial charge in [0.2, 0.25) is 0 Å². The number of hydrogen-bond donors (Lipinski definition) is 0. The highest BCUT2D eigenvalue weighted by Gasteiger charge is 2.38. The Labute approximate surface area is 105 Å². The van der Waals surface area contributed by atoms with Gasteiger partial charge < -0.3 is 9.47 Å². The Morgan fingerprint density at radius 2 is 2.12 bits per heavy atom. The Kier molecular flexibility index (Phi) is 3.55. The zero-order valence-electron chi connectivity index (χ0n) is 9.70. The average molecular weight is 285 g/mol. The lowest BCUT2D eigenvalue weighted by atomic mass is 9.75. The molecule has 0 spiro atoms. The lowest BCUT2D eigenvalue weighted by molar-refractivity contribution is -0.0779. The predicted molar refractivity (Wildman–Crippen MR) is 68.0 cm³/mol. The summed E-state index contributed by atoms with van der Waals surface area (Å²) in [6, 6.07) is 8.21. The molecule has 0 aromatic heterocycles. The molecule has 2 nitrogen and oxygen atoms in total. The van der Waals surface area contributed by atoms with Crippen LogP contribution >= 0.6 is 15.9 Å². The van der Waals surface area contributed by atoms with Gasteiger partial charge in [-0.1, -0.05) is 12.1 Å². The number of halogens is 1. The van der Waals surface area contributed by atoms with Gasteiger partial charge in [-0.2, -0.15) is 0 Å². The standard InChI is InChI=1S/C13H17BrO2/c1-10(14)16-12-6-3-5-11(9-12)13(15-2)7-4-8-13/h3,5-6,9-10H,4,7-8H2,1-2H3. The van der Waals surface area contributed by atoms with Crippen LogP contribution in [0.5, 0.6) is 5.75 Å². The quantitative estimate of drug-likeness (QED) is 0.783. The van der Waals surface area contributed by atoms with Crippen LogP contribution in [0.15, 0.2) is 24.3 Å². The van der Waals surface area contributed by atoms with Crippen molar-refractivity contribution in [3.05, 3.63) is 29.8 Å². The molecule has 1 aliphatic rings. The first-order valence-electron chi connectivity index (χ1n) is 5.63. The van der Waals surface area contributed by atoms with Gasteiger partial charge in [0.25, 0.3) is 0 Å². The van der Waals surface area contributed by atoms with Crippen molar-refractivity contribution in [2.45, 2.75) is 36.8 Å². The van der Waals surface area contributed by atoms with Crippen LogP contribution in [0.1, 0.15) is 31.7 Å². The molecule has 2 rings (SSSR count). The smallest absolute Gasteiger partial charge is 0.150 e. The number of benzene rings is 1. The molecule has 1 saturated carbocycles. The molecule has 0 aliphatic heterocycles. The number of methoxy groups -OCH3 is 1. The largest absolute Gasteiger partial charge is 0.480 e. The summed E-state index contributed by atoms with van der Waals surface area (Å²) in [5.74, 6) is 0.894. The van der Waals surface area contributed by atoms with E-state index in [4.69, 9.17) is 9.47 Å². The highest BCUT2D eigenvalue weighted by molar-refractivity contribution is 9.09. The van der Waals surface area contributed by atoms with E-state index in [9.17, 15) is 0 Å². The summed E-state index contributed by atoms with van der Waals surface area (Å²) in [6.45, 7) is 1.96. The van der Waals surface area contributed by atoms with Gasteiger partial charge in [0, 0.05) is 7.11 Å². The highest BCUT2D eigenvalue weighted by Crippen LogP contribution is 2.44. The minimum Gasteiger partial charge on any atom is -0.480 e. The lowest BCUT2D eigenvalue weighted by Crippen LogP contribution is -2.36. The fourth-order valence-corrected chi connectivity index (χ4v) is 2.36. The highest BCUT2D eigenvalue weighted by atomic mass is 79.9. The van der Waals surface area contributed by atoms with Gasteiger partial charge in [0.05, 0.1) is 5.60 Å². The summed E-state index contributed by atoms with van der Waals surface area (Å²) in [5.41, 5.74) is 1.17. The van der Waals surface area contributed by atoms with Crippen molar-refractivity contribution in [1.82, 2.24) is 0 Å². The molecule has 16 heavy (non-hydrogen) atoms. The molecule has 0 amide bonds. The molecule has 1 fully saturated rings.